The third-order valence-electron chi connectivity index (χ3n) is 5.98. The van der Waals surface area contributed by atoms with Crippen molar-refractivity contribution < 1.29 is 9.90 Å². The molecule has 0 aliphatic rings. The summed E-state index contributed by atoms with van der Waals surface area (Å²) in [5.41, 5.74) is 3.19. The first-order valence-electron chi connectivity index (χ1n) is 11.9. The molecule has 0 fully saturated rings. The number of aromatic nitrogens is 5. The lowest BCUT2D eigenvalue weighted by molar-refractivity contribution is 0.262. The molecule has 0 atom stereocenters. The Balaban J connectivity index is 1.44. The molecule has 3 heterocycles. The van der Waals surface area contributed by atoms with E-state index in [1.54, 1.807) is 47.3 Å². The molecule has 10 nitrogen and oxygen atoms in total. The third kappa shape index (κ3) is 4.94. The van der Waals surface area contributed by atoms with E-state index in [1.165, 1.54) is 6.07 Å². The summed E-state index contributed by atoms with van der Waals surface area (Å²) in [7, 11) is 0. The normalized spacial score (nSPS) is 11.0. The first kappa shape index (κ1) is 25.0. The van der Waals surface area contributed by atoms with Crippen molar-refractivity contribution in [3.05, 3.63) is 98.8 Å². The van der Waals surface area contributed by atoms with Gasteiger partial charge in [0.15, 0.2) is 5.65 Å². The molecule has 0 aliphatic heterocycles. The molecule has 3 aromatic heterocycles. The van der Waals surface area contributed by atoms with Crippen LogP contribution >= 0.6 is 11.6 Å². The number of fused-ring (bicyclic) bond motifs is 1. The number of phenolic OH excluding ortho intramolecular Hbond substituents is 1. The van der Waals surface area contributed by atoms with Crippen molar-refractivity contribution in [2.24, 2.45) is 0 Å². The average Bonchev–Trinajstić information content (AvgIpc) is 3.25. The lowest BCUT2D eigenvalue weighted by Gasteiger charge is -2.11. The lowest BCUT2D eigenvalue weighted by Crippen LogP contribution is -2.20. The van der Waals surface area contributed by atoms with Gasteiger partial charge in [-0.3, -0.25) is 10.1 Å². The van der Waals surface area contributed by atoms with Crippen molar-refractivity contribution in [2.45, 2.75) is 26.7 Å². The number of anilines is 2. The van der Waals surface area contributed by atoms with Crippen LogP contribution in [0.5, 0.6) is 5.75 Å². The number of halogens is 1. The number of amides is 2. The zero-order chi connectivity index (χ0) is 26.8. The highest BCUT2D eigenvalue weighted by Gasteiger charge is 2.20. The quantitative estimate of drug-likeness (QED) is 0.229. The predicted octanol–water partition coefficient (Wildman–Crippen LogP) is 4.97. The summed E-state index contributed by atoms with van der Waals surface area (Å²) in [6, 6.07) is 14.9. The number of rotatable bonds is 6. The van der Waals surface area contributed by atoms with Crippen molar-refractivity contribution >= 4 is 40.2 Å². The van der Waals surface area contributed by atoms with E-state index in [4.69, 9.17) is 16.6 Å². The molecule has 5 aromatic rings. The number of hydrogen-bond acceptors (Lipinski definition) is 6. The first-order valence-corrected chi connectivity index (χ1v) is 12.3. The molecule has 11 heteroatoms. The summed E-state index contributed by atoms with van der Waals surface area (Å²) in [6.07, 6.45) is 2.34. The van der Waals surface area contributed by atoms with Gasteiger partial charge in [0.25, 0.3) is 5.56 Å². The second-order valence-corrected chi connectivity index (χ2v) is 9.06. The van der Waals surface area contributed by atoms with Crippen LogP contribution in [-0.2, 0) is 12.8 Å². The van der Waals surface area contributed by atoms with Gasteiger partial charge in [0, 0.05) is 12.6 Å². The number of pyridine rings is 1. The minimum absolute atomic E-state index is 0.132. The molecule has 0 saturated carbocycles. The number of carbonyl (C=O) groups is 1. The van der Waals surface area contributed by atoms with Gasteiger partial charge in [-0.05, 0) is 54.8 Å². The summed E-state index contributed by atoms with van der Waals surface area (Å²) in [5, 5.41) is 21.3. The van der Waals surface area contributed by atoms with Gasteiger partial charge in [-0.15, -0.1) is 0 Å². The fourth-order valence-corrected chi connectivity index (χ4v) is 4.51. The Labute approximate surface area is 222 Å². The summed E-state index contributed by atoms with van der Waals surface area (Å²) in [5.74, 6) is 0.639. The van der Waals surface area contributed by atoms with E-state index >= 15 is 0 Å². The van der Waals surface area contributed by atoms with Crippen molar-refractivity contribution in [1.82, 2.24) is 24.7 Å². The van der Waals surface area contributed by atoms with Crippen LogP contribution in [-0.4, -0.2) is 35.9 Å². The van der Waals surface area contributed by atoms with Crippen LogP contribution in [0.2, 0.25) is 5.02 Å². The number of aryl methyl sites for hydroxylation is 2. The number of H-pyrrole nitrogens is 1. The van der Waals surface area contributed by atoms with Gasteiger partial charge in [-0.2, -0.15) is 5.10 Å². The molecule has 0 aliphatic carbocycles. The molecule has 2 amide bonds. The third-order valence-corrected chi connectivity index (χ3v) is 6.29. The average molecular weight is 530 g/mol. The minimum atomic E-state index is -0.543. The maximum absolute atomic E-state index is 13.1. The number of carbonyl (C=O) groups excluding carboxylic acids is 1. The SMILES string of the molecule is CCc1nn(-c2c(C)cccc2Cl)c2nc(Cc3ccc(NC(=O)Nc4ccccn4)c(O)c3)[nH]c(=O)c12. The highest BCUT2D eigenvalue weighted by atomic mass is 35.5. The van der Waals surface area contributed by atoms with Crippen LogP contribution in [0.15, 0.2) is 65.6 Å². The van der Waals surface area contributed by atoms with Gasteiger partial charge in [0.1, 0.15) is 22.8 Å². The van der Waals surface area contributed by atoms with Crippen molar-refractivity contribution in [3.8, 4) is 11.4 Å². The zero-order valence-electron chi connectivity index (χ0n) is 20.6. The molecule has 4 N–H and O–H groups in total. The van der Waals surface area contributed by atoms with E-state index in [2.05, 4.69) is 25.7 Å². The summed E-state index contributed by atoms with van der Waals surface area (Å²) < 4.78 is 1.62. The van der Waals surface area contributed by atoms with Gasteiger partial charge >= 0.3 is 6.03 Å². The molecule has 38 heavy (non-hydrogen) atoms. The first-order chi connectivity index (χ1) is 18.3. The zero-order valence-corrected chi connectivity index (χ0v) is 21.4. The molecular formula is C27H24ClN7O3. The van der Waals surface area contributed by atoms with Gasteiger partial charge in [0.05, 0.1) is 22.1 Å². The van der Waals surface area contributed by atoms with E-state index in [9.17, 15) is 14.7 Å². The van der Waals surface area contributed by atoms with Crippen LogP contribution in [0.4, 0.5) is 16.3 Å². The highest BCUT2D eigenvalue weighted by Crippen LogP contribution is 2.28. The molecule has 0 unspecified atom stereocenters. The predicted molar refractivity (Wildman–Crippen MR) is 146 cm³/mol. The Hall–Kier alpha value is -4.70. The molecule has 0 spiro atoms. The summed E-state index contributed by atoms with van der Waals surface area (Å²) in [6.45, 7) is 3.84. The fraction of sp³-hybridized carbons (Fsp3) is 0.148. The van der Waals surface area contributed by atoms with Crippen LogP contribution in [0.1, 0.15) is 29.6 Å². The second-order valence-electron chi connectivity index (χ2n) is 8.65. The molecule has 0 radical (unpaired) electrons. The number of nitrogens with zero attached hydrogens (tertiary/aromatic N) is 4. The molecule has 5 rings (SSSR count). The number of benzene rings is 2. The lowest BCUT2D eigenvalue weighted by atomic mass is 10.1. The van der Waals surface area contributed by atoms with Crippen LogP contribution in [0, 0.1) is 6.92 Å². The molecule has 2 aromatic carbocycles. The Morgan fingerprint density at radius 3 is 2.68 bits per heavy atom. The van der Waals surface area contributed by atoms with Gasteiger partial charge in [-0.1, -0.05) is 42.8 Å². The minimum Gasteiger partial charge on any atom is -0.506 e. The monoisotopic (exact) mass is 529 g/mol. The Morgan fingerprint density at radius 2 is 1.97 bits per heavy atom. The number of hydrogen-bond donors (Lipinski definition) is 4. The van der Waals surface area contributed by atoms with E-state index in [0.29, 0.717) is 51.1 Å². The van der Waals surface area contributed by atoms with Gasteiger partial charge in [0.2, 0.25) is 0 Å². The molecular weight excluding hydrogens is 506 g/mol. The smallest absolute Gasteiger partial charge is 0.324 e. The highest BCUT2D eigenvalue weighted by molar-refractivity contribution is 6.32. The summed E-state index contributed by atoms with van der Waals surface area (Å²) in [4.78, 5) is 36.9. The molecule has 192 valence electrons. The Kier molecular flexibility index (Phi) is 6.80. The van der Waals surface area contributed by atoms with Crippen molar-refractivity contribution in [2.75, 3.05) is 10.6 Å². The van der Waals surface area contributed by atoms with E-state index in [-0.39, 0.29) is 23.4 Å². The number of aromatic amines is 1. The Morgan fingerprint density at radius 1 is 1.13 bits per heavy atom. The maximum Gasteiger partial charge on any atom is 0.324 e. The number of phenols is 1. The largest absolute Gasteiger partial charge is 0.506 e. The molecule has 0 bridgehead atoms. The molecule has 0 saturated heterocycles. The topological polar surface area (TPSA) is 138 Å². The van der Waals surface area contributed by atoms with Crippen LogP contribution < -0.4 is 16.2 Å². The summed E-state index contributed by atoms with van der Waals surface area (Å²) >= 11 is 6.50. The number of nitrogens with one attached hydrogen (secondary N) is 3. The second kappa shape index (κ2) is 10.3. The van der Waals surface area contributed by atoms with E-state index in [1.807, 2.05) is 26.0 Å². The van der Waals surface area contributed by atoms with Gasteiger partial charge in [-0.25, -0.2) is 19.4 Å². The maximum atomic E-state index is 13.1. The van der Waals surface area contributed by atoms with Crippen LogP contribution in [0.3, 0.4) is 0 Å². The van der Waals surface area contributed by atoms with E-state index < -0.39 is 6.03 Å². The Bertz CT molecular complexity index is 1690. The van der Waals surface area contributed by atoms with Crippen LogP contribution in [0.25, 0.3) is 16.7 Å². The van der Waals surface area contributed by atoms with E-state index in [0.717, 1.165) is 5.56 Å². The van der Waals surface area contributed by atoms with Crippen molar-refractivity contribution in [3.63, 3.8) is 0 Å². The fourth-order valence-electron chi connectivity index (χ4n) is 4.21. The number of aromatic hydroxyl groups is 1. The van der Waals surface area contributed by atoms with Crippen molar-refractivity contribution in [1.29, 1.82) is 0 Å². The number of urea groups is 1. The standard InChI is InChI=1S/C27H24ClN7O3/c1-3-18-23-25(35(34-18)24-15(2)7-6-8-17(24)28)31-22(32-26(23)37)14-16-10-11-19(20(36)13-16)30-27(38)33-21-9-4-5-12-29-21/h4-13,36H,3,14H2,1-2H3,(H,31,32,37)(H2,29,30,33,38). The number of para-hydroxylation sites is 1. The van der Waals surface area contributed by atoms with Gasteiger partial charge < -0.3 is 15.4 Å².